The SMILES string of the molecule is C=C(/C=C\c1nc(C)n(CC(F)F)c1C)c1c(F)cn2nc(NC)ncc12. The maximum absolute atomic E-state index is 14.4. The Labute approximate surface area is 154 Å². The van der Waals surface area contributed by atoms with Gasteiger partial charge in [0.1, 0.15) is 5.82 Å². The number of anilines is 1. The third-order valence-corrected chi connectivity index (χ3v) is 4.25. The molecule has 3 heterocycles. The first-order valence-electron chi connectivity index (χ1n) is 8.22. The number of hydrogen-bond acceptors (Lipinski definition) is 4. The lowest BCUT2D eigenvalue weighted by Gasteiger charge is -2.06. The molecule has 3 rings (SSSR count). The summed E-state index contributed by atoms with van der Waals surface area (Å²) in [6, 6.07) is 0. The highest BCUT2D eigenvalue weighted by molar-refractivity contribution is 5.85. The molecule has 142 valence electrons. The number of hydrogen-bond donors (Lipinski definition) is 1. The molecule has 0 unspecified atom stereocenters. The van der Waals surface area contributed by atoms with E-state index in [1.165, 1.54) is 21.5 Å². The van der Waals surface area contributed by atoms with Gasteiger partial charge in [-0.1, -0.05) is 12.7 Å². The number of allylic oxidation sites excluding steroid dienone is 2. The predicted molar refractivity (Wildman–Crippen MR) is 98.3 cm³/mol. The van der Waals surface area contributed by atoms with Crippen molar-refractivity contribution >= 4 is 23.1 Å². The van der Waals surface area contributed by atoms with Gasteiger partial charge in [0.25, 0.3) is 6.43 Å². The average Bonchev–Trinajstić information content (AvgIpc) is 3.08. The molecule has 3 aromatic rings. The number of rotatable bonds is 6. The first-order chi connectivity index (χ1) is 12.8. The van der Waals surface area contributed by atoms with Gasteiger partial charge in [-0.2, -0.15) is 0 Å². The highest BCUT2D eigenvalue weighted by atomic mass is 19.3. The zero-order valence-corrected chi connectivity index (χ0v) is 15.2. The van der Waals surface area contributed by atoms with Crippen LogP contribution < -0.4 is 5.32 Å². The van der Waals surface area contributed by atoms with Crippen LogP contribution in [-0.2, 0) is 6.54 Å². The molecule has 0 aromatic carbocycles. The van der Waals surface area contributed by atoms with E-state index in [0.717, 1.165) is 0 Å². The molecule has 0 fully saturated rings. The van der Waals surface area contributed by atoms with Crippen LogP contribution in [0.3, 0.4) is 0 Å². The van der Waals surface area contributed by atoms with Crippen LogP contribution in [0.15, 0.2) is 25.0 Å². The number of alkyl halides is 2. The summed E-state index contributed by atoms with van der Waals surface area (Å²) in [5.41, 5.74) is 2.29. The fourth-order valence-corrected chi connectivity index (χ4v) is 2.89. The number of imidazole rings is 1. The van der Waals surface area contributed by atoms with E-state index in [0.29, 0.717) is 34.3 Å². The molecule has 1 N–H and O–H groups in total. The van der Waals surface area contributed by atoms with Gasteiger partial charge in [0, 0.05) is 18.3 Å². The fourth-order valence-electron chi connectivity index (χ4n) is 2.89. The quantitative estimate of drug-likeness (QED) is 0.666. The Balaban J connectivity index is 1.92. The Morgan fingerprint density at radius 2 is 2.11 bits per heavy atom. The van der Waals surface area contributed by atoms with Crippen LogP contribution in [0.5, 0.6) is 0 Å². The lowest BCUT2D eigenvalue weighted by molar-refractivity contribution is 0.125. The summed E-state index contributed by atoms with van der Waals surface area (Å²) >= 11 is 0. The van der Waals surface area contributed by atoms with Gasteiger partial charge in [-0.25, -0.2) is 27.7 Å². The number of nitrogens with one attached hydrogen (secondary N) is 1. The van der Waals surface area contributed by atoms with Crippen LogP contribution in [0.4, 0.5) is 19.1 Å². The van der Waals surface area contributed by atoms with Crippen LogP contribution in [0.1, 0.15) is 22.8 Å². The van der Waals surface area contributed by atoms with E-state index in [-0.39, 0.29) is 5.56 Å². The van der Waals surface area contributed by atoms with Crippen LogP contribution in [-0.4, -0.2) is 37.6 Å². The minimum absolute atomic E-state index is 0.273. The largest absolute Gasteiger partial charge is 0.356 e. The second kappa shape index (κ2) is 7.26. The molecule has 6 nitrogen and oxygen atoms in total. The topological polar surface area (TPSA) is 60.0 Å². The van der Waals surface area contributed by atoms with Crippen molar-refractivity contribution in [2.45, 2.75) is 26.8 Å². The first-order valence-corrected chi connectivity index (χ1v) is 8.22. The maximum Gasteiger partial charge on any atom is 0.256 e. The Bertz CT molecular complexity index is 1030. The second-order valence-corrected chi connectivity index (χ2v) is 6.00. The predicted octanol–water partition coefficient (Wildman–Crippen LogP) is 3.72. The van der Waals surface area contributed by atoms with Gasteiger partial charge in [-0.05, 0) is 25.5 Å². The van der Waals surface area contributed by atoms with E-state index in [2.05, 4.69) is 27.0 Å². The number of aromatic nitrogens is 5. The maximum atomic E-state index is 14.4. The van der Waals surface area contributed by atoms with E-state index < -0.39 is 18.8 Å². The Hall–Kier alpha value is -3.10. The van der Waals surface area contributed by atoms with Crippen LogP contribution in [0, 0.1) is 19.7 Å². The van der Waals surface area contributed by atoms with Crippen LogP contribution in [0.25, 0.3) is 17.2 Å². The van der Waals surface area contributed by atoms with Gasteiger partial charge in [0.15, 0.2) is 5.82 Å². The van der Waals surface area contributed by atoms with E-state index in [1.807, 2.05) is 0 Å². The van der Waals surface area contributed by atoms with Crippen molar-refractivity contribution < 1.29 is 13.2 Å². The molecule has 0 aliphatic heterocycles. The zero-order valence-electron chi connectivity index (χ0n) is 15.2. The van der Waals surface area contributed by atoms with Crippen LogP contribution in [0.2, 0.25) is 0 Å². The molecule has 9 heteroatoms. The van der Waals surface area contributed by atoms with Crippen molar-refractivity contribution in [3.63, 3.8) is 0 Å². The first kappa shape index (κ1) is 18.7. The summed E-state index contributed by atoms with van der Waals surface area (Å²) in [6.45, 7) is 6.87. The van der Waals surface area contributed by atoms with Gasteiger partial charge in [0.05, 0.1) is 30.1 Å². The molecule has 0 amide bonds. The summed E-state index contributed by atoms with van der Waals surface area (Å²) in [4.78, 5) is 8.39. The normalized spacial score (nSPS) is 11.8. The van der Waals surface area contributed by atoms with E-state index >= 15 is 0 Å². The smallest absolute Gasteiger partial charge is 0.256 e. The van der Waals surface area contributed by atoms with Crippen molar-refractivity contribution in [3.05, 3.63) is 53.6 Å². The van der Waals surface area contributed by atoms with Gasteiger partial charge >= 0.3 is 0 Å². The number of aryl methyl sites for hydroxylation is 1. The molecule has 0 radical (unpaired) electrons. The van der Waals surface area contributed by atoms with Crippen molar-refractivity contribution in [3.8, 4) is 0 Å². The zero-order chi connectivity index (χ0) is 19.7. The highest BCUT2D eigenvalue weighted by Gasteiger charge is 2.15. The van der Waals surface area contributed by atoms with E-state index in [4.69, 9.17) is 0 Å². The number of fused-ring (bicyclic) bond motifs is 1. The summed E-state index contributed by atoms with van der Waals surface area (Å²) in [7, 11) is 1.67. The molecule has 0 saturated carbocycles. The van der Waals surface area contributed by atoms with E-state index in [1.54, 1.807) is 33.0 Å². The Kier molecular flexibility index (Phi) is 5.02. The third kappa shape index (κ3) is 3.57. The molecule has 3 aromatic heterocycles. The lowest BCUT2D eigenvalue weighted by atomic mass is 10.1. The Morgan fingerprint density at radius 3 is 2.78 bits per heavy atom. The van der Waals surface area contributed by atoms with Gasteiger partial charge in [-0.3, -0.25) is 0 Å². The van der Waals surface area contributed by atoms with Gasteiger partial charge in [-0.15, -0.1) is 5.10 Å². The molecule has 0 bridgehead atoms. The monoisotopic (exact) mass is 376 g/mol. The number of halogens is 3. The molecule has 0 aliphatic rings. The molecule has 0 aliphatic carbocycles. The van der Waals surface area contributed by atoms with Crippen molar-refractivity contribution in [2.75, 3.05) is 12.4 Å². The summed E-state index contributed by atoms with van der Waals surface area (Å²) < 4.78 is 42.6. The Morgan fingerprint density at radius 1 is 1.37 bits per heavy atom. The average molecular weight is 376 g/mol. The molecular formula is C18H19F3N6. The minimum atomic E-state index is -2.47. The molecule has 27 heavy (non-hydrogen) atoms. The van der Waals surface area contributed by atoms with Crippen molar-refractivity contribution in [2.24, 2.45) is 0 Å². The standard InChI is InChI=1S/C18H19F3N6/c1-10(5-6-14-11(2)26(9-16(20)21)12(3)24-14)17-13(19)8-27-15(17)7-23-18(22-4)25-27/h5-8,16H,1,9H2,2-4H3,(H,22,25)/b6-5-. The second-order valence-electron chi connectivity index (χ2n) is 6.00. The van der Waals surface area contributed by atoms with Gasteiger partial charge < -0.3 is 9.88 Å². The van der Waals surface area contributed by atoms with Gasteiger partial charge in [0.2, 0.25) is 5.95 Å². The number of nitrogens with zero attached hydrogens (tertiary/aromatic N) is 5. The molecular weight excluding hydrogens is 357 g/mol. The molecule has 0 saturated heterocycles. The molecule has 0 atom stereocenters. The van der Waals surface area contributed by atoms with Crippen molar-refractivity contribution in [1.29, 1.82) is 0 Å². The summed E-state index contributed by atoms with van der Waals surface area (Å²) in [5.74, 6) is 0.371. The highest BCUT2D eigenvalue weighted by Crippen LogP contribution is 2.26. The molecule has 0 spiro atoms. The minimum Gasteiger partial charge on any atom is -0.356 e. The summed E-state index contributed by atoms with van der Waals surface area (Å²) in [5, 5.41) is 6.92. The van der Waals surface area contributed by atoms with E-state index in [9.17, 15) is 13.2 Å². The summed E-state index contributed by atoms with van der Waals surface area (Å²) in [6.07, 6.45) is 3.53. The fraction of sp³-hybridized carbons (Fsp3) is 0.278. The van der Waals surface area contributed by atoms with Crippen molar-refractivity contribution in [1.82, 2.24) is 24.1 Å². The lowest BCUT2D eigenvalue weighted by Crippen LogP contribution is -2.09. The third-order valence-electron chi connectivity index (χ3n) is 4.25. The van der Waals surface area contributed by atoms with Crippen LogP contribution >= 0.6 is 0 Å².